The van der Waals surface area contributed by atoms with Gasteiger partial charge in [-0.3, -0.25) is 10.1 Å². The van der Waals surface area contributed by atoms with Gasteiger partial charge in [-0.05, 0) is 63.4 Å². The van der Waals surface area contributed by atoms with Crippen LogP contribution in [-0.2, 0) is 4.74 Å². The maximum atomic E-state index is 12.9. The number of benzene rings is 1. The summed E-state index contributed by atoms with van der Waals surface area (Å²) in [6, 6.07) is 7.12. The van der Waals surface area contributed by atoms with Crippen LogP contribution in [0.15, 0.2) is 34.7 Å². The van der Waals surface area contributed by atoms with Gasteiger partial charge in [0.05, 0.1) is 5.56 Å². The SMILES string of the molecule is Cc1cc(C(=O)N[C@@H]2CCC[C@@H](OC(=O)Nc3ccc(F)cc3)C2)c(C)o1. The first-order valence-corrected chi connectivity index (χ1v) is 9.02. The molecule has 1 fully saturated rings. The van der Waals surface area contributed by atoms with Crippen LogP contribution in [0, 0.1) is 19.7 Å². The summed E-state index contributed by atoms with van der Waals surface area (Å²) < 4.78 is 23.8. The van der Waals surface area contributed by atoms with Crippen molar-refractivity contribution in [2.24, 2.45) is 0 Å². The predicted octanol–water partition coefficient (Wildman–Crippen LogP) is 4.33. The minimum atomic E-state index is -0.583. The van der Waals surface area contributed by atoms with Crippen molar-refractivity contribution in [3.8, 4) is 0 Å². The molecule has 27 heavy (non-hydrogen) atoms. The van der Waals surface area contributed by atoms with E-state index in [-0.39, 0.29) is 23.9 Å². The van der Waals surface area contributed by atoms with Crippen LogP contribution in [0.25, 0.3) is 0 Å². The van der Waals surface area contributed by atoms with Gasteiger partial charge in [-0.2, -0.15) is 0 Å². The van der Waals surface area contributed by atoms with E-state index in [4.69, 9.17) is 9.15 Å². The average Bonchev–Trinajstić information content (AvgIpc) is 2.95. The third-order valence-electron chi connectivity index (χ3n) is 4.61. The predicted molar refractivity (Wildman–Crippen MR) is 98.2 cm³/mol. The molecule has 0 spiro atoms. The fourth-order valence-corrected chi connectivity index (χ4v) is 3.33. The van der Waals surface area contributed by atoms with Crippen LogP contribution >= 0.6 is 0 Å². The molecule has 2 amide bonds. The number of nitrogens with one attached hydrogen (secondary N) is 2. The third kappa shape index (κ3) is 5.09. The summed E-state index contributed by atoms with van der Waals surface area (Å²) in [5, 5.41) is 5.58. The van der Waals surface area contributed by atoms with Gasteiger partial charge in [0.1, 0.15) is 23.4 Å². The van der Waals surface area contributed by atoms with Crippen LogP contribution in [0.4, 0.5) is 14.9 Å². The zero-order valence-electron chi connectivity index (χ0n) is 15.4. The molecule has 0 unspecified atom stereocenters. The van der Waals surface area contributed by atoms with Gasteiger partial charge in [0.25, 0.3) is 5.91 Å². The Morgan fingerprint density at radius 2 is 1.93 bits per heavy atom. The van der Waals surface area contributed by atoms with E-state index in [0.717, 1.165) is 19.3 Å². The molecule has 0 bridgehead atoms. The van der Waals surface area contributed by atoms with Gasteiger partial charge in [0, 0.05) is 18.2 Å². The smallest absolute Gasteiger partial charge is 0.411 e. The fraction of sp³-hybridized carbons (Fsp3) is 0.400. The molecule has 0 saturated heterocycles. The van der Waals surface area contributed by atoms with Crippen molar-refractivity contribution in [2.45, 2.75) is 51.7 Å². The van der Waals surface area contributed by atoms with E-state index in [1.54, 1.807) is 19.9 Å². The molecule has 3 rings (SSSR count). The summed E-state index contributed by atoms with van der Waals surface area (Å²) >= 11 is 0. The quantitative estimate of drug-likeness (QED) is 0.835. The van der Waals surface area contributed by atoms with Crippen LogP contribution in [0.5, 0.6) is 0 Å². The Hall–Kier alpha value is -2.83. The van der Waals surface area contributed by atoms with Gasteiger partial charge in [-0.15, -0.1) is 0 Å². The molecule has 2 aromatic rings. The van der Waals surface area contributed by atoms with Gasteiger partial charge in [0.2, 0.25) is 0 Å². The molecule has 7 heteroatoms. The topological polar surface area (TPSA) is 80.6 Å². The number of hydrogen-bond acceptors (Lipinski definition) is 4. The zero-order valence-corrected chi connectivity index (χ0v) is 15.4. The number of amides is 2. The highest BCUT2D eigenvalue weighted by atomic mass is 19.1. The average molecular weight is 374 g/mol. The number of halogens is 1. The van der Waals surface area contributed by atoms with Crippen molar-refractivity contribution in [1.82, 2.24) is 5.32 Å². The number of anilines is 1. The number of carbonyl (C=O) groups excluding carboxylic acids is 2. The molecule has 2 atom stereocenters. The molecule has 144 valence electrons. The maximum absolute atomic E-state index is 12.9. The van der Waals surface area contributed by atoms with Crippen LogP contribution in [0.1, 0.15) is 47.6 Å². The molecule has 2 N–H and O–H groups in total. The van der Waals surface area contributed by atoms with E-state index in [1.807, 2.05) is 0 Å². The normalized spacial score (nSPS) is 19.4. The second-order valence-corrected chi connectivity index (χ2v) is 6.82. The Balaban J connectivity index is 1.51. The molecule has 6 nitrogen and oxygen atoms in total. The summed E-state index contributed by atoms with van der Waals surface area (Å²) in [4.78, 5) is 24.5. The lowest BCUT2D eigenvalue weighted by atomic mass is 9.92. The minimum absolute atomic E-state index is 0.0653. The first kappa shape index (κ1) is 18.9. The van der Waals surface area contributed by atoms with Crippen LogP contribution in [0.2, 0.25) is 0 Å². The van der Waals surface area contributed by atoms with E-state index in [9.17, 15) is 14.0 Å². The largest absolute Gasteiger partial charge is 0.466 e. The number of rotatable bonds is 4. The summed E-state index contributed by atoms with van der Waals surface area (Å²) in [5.41, 5.74) is 0.998. The molecule has 1 heterocycles. The van der Waals surface area contributed by atoms with Crippen LogP contribution in [-0.4, -0.2) is 24.1 Å². The van der Waals surface area contributed by atoms with E-state index in [0.29, 0.717) is 29.2 Å². The number of carbonyl (C=O) groups is 2. The van der Waals surface area contributed by atoms with Crippen LogP contribution in [0.3, 0.4) is 0 Å². The second kappa shape index (κ2) is 8.24. The lowest BCUT2D eigenvalue weighted by Crippen LogP contribution is -2.41. The molecule has 1 aromatic carbocycles. The van der Waals surface area contributed by atoms with Gasteiger partial charge in [0.15, 0.2) is 0 Å². The summed E-state index contributed by atoms with van der Waals surface area (Å²) in [6.45, 7) is 3.56. The molecule has 0 aliphatic heterocycles. The maximum Gasteiger partial charge on any atom is 0.411 e. The third-order valence-corrected chi connectivity index (χ3v) is 4.61. The Kier molecular flexibility index (Phi) is 5.78. The zero-order chi connectivity index (χ0) is 19.4. The Labute approximate surface area is 157 Å². The van der Waals surface area contributed by atoms with Crippen molar-refractivity contribution >= 4 is 17.7 Å². The van der Waals surface area contributed by atoms with E-state index < -0.39 is 6.09 Å². The molecule has 1 aliphatic rings. The molecule has 1 saturated carbocycles. The lowest BCUT2D eigenvalue weighted by Gasteiger charge is -2.29. The standard InChI is InChI=1S/C20H23FN2O4/c1-12-10-18(13(2)26-12)19(24)22-16-4-3-5-17(11-16)27-20(25)23-15-8-6-14(21)7-9-15/h6-10,16-17H,3-5,11H2,1-2H3,(H,22,24)(H,23,25)/t16-,17-/m1/s1. The summed E-state index contributed by atoms with van der Waals surface area (Å²) in [7, 11) is 0. The van der Waals surface area contributed by atoms with Gasteiger partial charge < -0.3 is 14.5 Å². The van der Waals surface area contributed by atoms with Crippen LogP contribution < -0.4 is 10.6 Å². The number of furan rings is 1. The van der Waals surface area contributed by atoms with Crippen molar-refractivity contribution in [1.29, 1.82) is 0 Å². The van der Waals surface area contributed by atoms with Gasteiger partial charge >= 0.3 is 6.09 Å². The van der Waals surface area contributed by atoms with Crippen molar-refractivity contribution < 1.29 is 23.1 Å². The highest BCUT2D eigenvalue weighted by Crippen LogP contribution is 2.23. The summed E-state index contributed by atoms with van der Waals surface area (Å²) in [6.07, 6.45) is 2.12. The van der Waals surface area contributed by atoms with Crippen molar-refractivity contribution in [3.63, 3.8) is 0 Å². The Morgan fingerprint density at radius 1 is 1.19 bits per heavy atom. The monoisotopic (exact) mass is 374 g/mol. The Bertz CT molecular complexity index is 816. The highest BCUT2D eigenvalue weighted by molar-refractivity contribution is 5.95. The molecule has 1 aromatic heterocycles. The Morgan fingerprint density at radius 3 is 2.59 bits per heavy atom. The summed E-state index contributed by atoms with van der Waals surface area (Å²) in [5.74, 6) is 0.737. The van der Waals surface area contributed by atoms with Gasteiger partial charge in [-0.1, -0.05) is 0 Å². The number of aryl methyl sites for hydroxylation is 2. The first-order valence-electron chi connectivity index (χ1n) is 9.02. The molecular weight excluding hydrogens is 351 g/mol. The molecule has 1 aliphatic carbocycles. The molecular formula is C20H23FN2O4. The van der Waals surface area contributed by atoms with Crippen molar-refractivity contribution in [3.05, 3.63) is 53.2 Å². The van der Waals surface area contributed by atoms with E-state index >= 15 is 0 Å². The van der Waals surface area contributed by atoms with Crippen molar-refractivity contribution in [2.75, 3.05) is 5.32 Å². The van der Waals surface area contributed by atoms with E-state index in [1.165, 1.54) is 24.3 Å². The number of hydrogen-bond donors (Lipinski definition) is 2. The molecule has 0 radical (unpaired) electrons. The van der Waals surface area contributed by atoms with Gasteiger partial charge in [-0.25, -0.2) is 9.18 Å². The number of ether oxygens (including phenoxy) is 1. The fourth-order valence-electron chi connectivity index (χ4n) is 3.33. The lowest BCUT2D eigenvalue weighted by molar-refractivity contribution is 0.0712. The first-order chi connectivity index (χ1) is 12.9. The second-order valence-electron chi connectivity index (χ2n) is 6.82. The van der Waals surface area contributed by atoms with E-state index in [2.05, 4.69) is 10.6 Å². The minimum Gasteiger partial charge on any atom is -0.466 e. The highest BCUT2D eigenvalue weighted by Gasteiger charge is 2.27.